The van der Waals surface area contributed by atoms with E-state index in [4.69, 9.17) is 0 Å². The van der Waals surface area contributed by atoms with Crippen molar-refractivity contribution < 1.29 is 14.4 Å². The maximum atomic E-state index is 13.4. The lowest BCUT2D eigenvalue weighted by molar-refractivity contribution is -0.157. The molecule has 2 heterocycles. The van der Waals surface area contributed by atoms with Gasteiger partial charge in [-0.1, -0.05) is 13.8 Å². The van der Waals surface area contributed by atoms with E-state index in [0.29, 0.717) is 5.92 Å². The SMILES string of the molecule is CN1C(=O)N(CC(=O)C2CCCN2)C(=O)C1(C)[C@H]1CC[C@H]2C[C@@H]1C2(C)C. The van der Waals surface area contributed by atoms with Crippen LogP contribution in [0.5, 0.6) is 0 Å². The Morgan fingerprint density at radius 1 is 1.15 bits per heavy atom. The number of hydrogen-bond acceptors (Lipinski definition) is 4. The summed E-state index contributed by atoms with van der Waals surface area (Å²) in [5, 5.41) is 3.17. The number of rotatable bonds is 4. The van der Waals surface area contributed by atoms with Crippen LogP contribution in [0, 0.1) is 23.2 Å². The predicted molar refractivity (Wildman–Crippen MR) is 97.4 cm³/mol. The molecule has 2 saturated heterocycles. The zero-order chi connectivity index (χ0) is 18.9. The van der Waals surface area contributed by atoms with Crippen LogP contribution in [-0.2, 0) is 9.59 Å². The highest BCUT2D eigenvalue weighted by Crippen LogP contribution is 2.64. The lowest BCUT2D eigenvalue weighted by Crippen LogP contribution is -2.63. The van der Waals surface area contributed by atoms with Crippen molar-refractivity contribution in [2.24, 2.45) is 23.2 Å². The minimum absolute atomic E-state index is 0.0467. The van der Waals surface area contributed by atoms with Crippen LogP contribution in [0.3, 0.4) is 0 Å². The summed E-state index contributed by atoms with van der Waals surface area (Å²) in [6.45, 7) is 7.25. The van der Waals surface area contributed by atoms with Gasteiger partial charge in [-0.05, 0) is 68.7 Å². The molecule has 0 radical (unpaired) electrons. The van der Waals surface area contributed by atoms with E-state index in [-0.39, 0.29) is 41.6 Å². The number of nitrogens with one attached hydrogen (secondary N) is 1. The van der Waals surface area contributed by atoms with Crippen LogP contribution in [-0.4, -0.2) is 59.2 Å². The van der Waals surface area contributed by atoms with Crippen LogP contribution in [0.25, 0.3) is 0 Å². The standard InChI is InChI=1S/C20H31N3O3/c1-19(2)12-7-8-13(14(19)10-12)20(3)17(25)23(18(26)22(20)4)11-16(24)15-6-5-9-21-15/h12-15,21H,5-11H2,1-4H3/t12-,13-,14-,15?,20?/m0/s1. The number of amides is 3. The van der Waals surface area contributed by atoms with Gasteiger partial charge < -0.3 is 10.2 Å². The zero-order valence-corrected chi connectivity index (χ0v) is 16.4. The second-order valence-corrected chi connectivity index (χ2v) is 9.54. The number of fused-ring (bicyclic) bond motifs is 2. The number of likely N-dealkylation sites (N-methyl/N-ethyl adjacent to an activating group) is 1. The van der Waals surface area contributed by atoms with Crippen molar-refractivity contribution in [1.82, 2.24) is 15.1 Å². The highest BCUT2D eigenvalue weighted by atomic mass is 16.2. The van der Waals surface area contributed by atoms with Gasteiger partial charge in [-0.15, -0.1) is 0 Å². The van der Waals surface area contributed by atoms with E-state index in [1.54, 1.807) is 11.9 Å². The minimum atomic E-state index is -0.826. The van der Waals surface area contributed by atoms with Crippen molar-refractivity contribution in [2.75, 3.05) is 20.1 Å². The van der Waals surface area contributed by atoms with Crippen molar-refractivity contribution in [2.45, 2.75) is 64.5 Å². The second-order valence-electron chi connectivity index (χ2n) is 9.54. The van der Waals surface area contributed by atoms with Gasteiger partial charge in [0.1, 0.15) is 5.54 Å². The van der Waals surface area contributed by atoms with E-state index in [1.165, 1.54) is 4.90 Å². The summed E-state index contributed by atoms with van der Waals surface area (Å²) in [5.74, 6) is 1.17. The molecule has 0 spiro atoms. The lowest BCUT2D eigenvalue weighted by atomic mass is 9.43. The van der Waals surface area contributed by atoms with Crippen LogP contribution in [0.15, 0.2) is 0 Å². The Hall–Kier alpha value is -1.43. The molecule has 0 aromatic carbocycles. The molecule has 2 bridgehead atoms. The molecule has 2 aliphatic heterocycles. The number of imide groups is 1. The zero-order valence-electron chi connectivity index (χ0n) is 16.4. The van der Waals surface area contributed by atoms with Gasteiger partial charge in [0.05, 0.1) is 12.6 Å². The van der Waals surface area contributed by atoms with Gasteiger partial charge in [-0.3, -0.25) is 14.5 Å². The molecule has 5 rings (SSSR count). The largest absolute Gasteiger partial charge is 0.327 e. The molecule has 2 unspecified atom stereocenters. The third-order valence-electron chi connectivity index (χ3n) is 8.24. The molecule has 5 atom stereocenters. The molecule has 1 N–H and O–H groups in total. The summed E-state index contributed by atoms with van der Waals surface area (Å²) in [6.07, 6.45) is 5.04. The number of ketones is 1. The Morgan fingerprint density at radius 2 is 1.88 bits per heavy atom. The van der Waals surface area contributed by atoms with Gasteiger partial charge in [0.2, 0.25) is 0 Å². The summed E-state index contributed by atoms with van der Waals surface area (Å²) >= 11 is 0. The number of carbonyl (C=O) groups is 3. The first-order chi connectivity index (χ1) is 12.2. The highest BCUT2D eigenvalue weighted by Gasteiger charge is 2.65. The average Bonchev–Trinajstić information content (AvgIpc) is 3.22. The van der Waals surface area contributed by atoms with Crippen LogP contribution in [0.4, 0.5) is 4.79 Å². The summed E-state index contributed by atoms with van der Waals surface area (Å²) in [7, 11) is 1.73. The average molecular weight is 361 g/mol. The maximum absolute atomic E-state index is 13.4. The Balaban J connectivity index is 1.56. The van der Waals surface area contributed by atoms with Gasteiger partial charge in [0, 0.05) is 7.05 Å². The molecule has 3 saturated carbocycles. The minimum Gasteiger partial charge on any atom is -0.313 e. The topological polar surface area (TPSA) is 69.7 Å². The maximum Gasteiger partial charge on any atom is 0.327 e. The van der Waals surface area contributed by atoms with Crippen molar-refractivity contribution >= 4 is 17.7 Å². The lowest BCUT2D eigenvalue weighted by Gasteiger charge is -2.63. The van der Waals surface area contributed by atoms with Gasteiger partial charge in [0.15, 0.2) is 5.78 Å². The van der Waals surface area contributed by atoms with Crippen molar-refractivity contribution in [3.8, 4) is 0 Å². The molecular formula is C20H31N3O3. The number of nitrogens with zero attached hydrogens (tertiary/aromatic N) is 2. The fourth-order valence-corrected chi connectivity index (χ4v) is 6.14. The predicted octanol–water partition coefficient (Wildman–Crippen LogP) is 2.03. The second kappa shape index (κ2) is 5.78. The van der Waals surface area contributed by atoms with E-state index in [0.717, 1.165) is 44.6 Å². The van der Waals surface area contributed by atoms with Crippen LogP contribution in [0.1, 0.15) is 52.9 Å². The first-order valence-electron chi connectivity index (χ1n) is 10.0. The molecular weight excluding hydrogens is 330 g/mol. The Kier molecular flexibility index (Phi) is 3.99. The normalized spacial score (nSPS) is 41.5. The smallest absolute Gasteiger partial charge is 0.313 e. The molecule has 6 heteroatoms. The Bertz CT molecular complexity index is 653. The summed E-state index contributed by atoms with van der Waals surface area (Å²) in [4.78, 5) is 41.6. The molecule has 5 fully saturated rings. The molecule has 26 heavy (non-hydrogen) atoms. The monoisotopic (exact) mass is 361 g/mol. The van der Waals surface area contributed by atoms with E-state index in [2.05, 4.69) is 19.2 Å². The van der Waals surface area contributed by atoms with Gasteiger partial charge >= 0.3 is 6.03 Å². The number of Topliss-reactive ketones (excluding diaryl/α,β-unsaturated/α-hetero) is 1. The molecule has 3 amide bonds. The number of hydrogen-bond donors (Lipinski definition) is 1. The third-order valence-corrected chi connectivity index (χ3v) is 8.24. The van der Waals surface area contributed by atoms with Gasteiger partial charge in [-0.25, -0.2) is 4.79 Å². The van der Waals surface area contributed by atoms with E-state index < -0.39 is 5.54 Å². The van der Waals surface area contributed by atoms with E-state index in [1.807, 2.05) is 6.92 Å². The summed E-state index contributed by atoms with van der Waals surface area (Å²) in [5.41, 5.74) is -0.582. The molecule has 5 aliphatic rings. The van der Waals surface area contributed by atoms with E-state index in [9.17, 15) is 14.4 Å². The fourth-order valence-electron chi connectivity index (χ4n) is 6.14. The molecule has 0 aromatic rings. The van der Waals surface area contributed by atoms with Crippen molar-refractivity contribution in [3.63, 3.8) is 0 Å². The fraction of sp³-hybridized carbons (Fsp3) is 0.850. The Labute approximate surface area is 155 Å². The highest BCUT2D eigenvalue weighted by molar-refractivity contribution is 6.09. The molecule has 6 nitrogen and oxygen atoms in total. The van der Waals surface area contributed by atoms with Crippen molar-refractivity contribution in [1.29, 1.82) is 0 Å². The Morgan fingerprint density at radius 3 is 2.46 bits per heavy atom. The summed E-state index contributed by atoms with van der Waals surface area (Å²) in [6, 6.07) is -0.531. The summed E-state index contributed by atoms with van der Waals surface area (Å²) < 4.78 is 0. The first-order valence-corrected chi connectivity index (χ1v) is 10.0. The molecule has 144 valence electrons. The van der Waals surface area contributed by atoms with E-state index >= 15 is 0 Å². The van der Waals surface area contributed by atoms with Crippen LogP contribution < -0.4 is 5.32 Å². The van der Waals surface area contributed by atoms with Gasteiger partial charge in [0.25, 0.3) is 5.91 Å². The molecule has 3 aliphatic carbocycles. The van der Waals surface area contributed by atoms with Crippen LogP contribution in [0.2, 0.25) is 0 Å². The third kappa shape index (κ3) is 2.23. The quantitative estimate of drug-likeness (QED) is 0.778. The van der Waals surface area contributed by atoms with Crippen LogP contribution >= 0.6 is 0 Å². The van der Waals surface area contributed by atoms with Crippen molar-refractivity contribution in [3.05, 3.63) is 0 Å². The molecule has 0 aromatic heterocycles. The van der Waals surface area contributed by atoms with Gasteiger partial charge in [-0.2, -0.15) is 0 Å². The number of carbonyl (C=O) groups excluding carboxylic acids is 3. The number of urea groups is 1. The first kappa shape index (κ1) is 18.0.